The van der Waals surface area contributed by atoms with Crippen molar-refractivity contribution in [1.82, 2.24) is 5.32 Å². The van der Waals surface area contributed by atoms with E-state index in [9.17, 15) is 0 Å². The summed E-state index contributed by atoms with van der Waals surface area (Å²) in [6, 6.07) is 19.0. The second-order valence-electron chi connectivity index (χ2n) is 6.49. The van der Waals surface area contributed by atoms with Crippen LogP contribution < -0.4 is 15.0 Å². The Labute approximate surface area is 145 Å². The van der Waals surface area contributed by atoms with Gasteiger partial charge in [0.15, 0.2) is 0 Å². The number of anilines is 1. The van der Waals surface area contributed by atoms with Gasteiger partial charge in [0, 0.05) is 31.3 Å². The standard InChI is InChI=1S/C21H28N2O/c1-2-22-16-19-11-13-23(17-19)20-9-6-10-21(15-20)24-14-12-18-7-4-3-5-8-18/h3-10,15,19,22H,2,11-14,16-17H2,1H3. The summed E-state index contributed by atoms with van der Waals surface area (Å²) in [5.41, 5.74) is 2.60. The highest BCUT2D eigenvalue weighted by atomic mass is 16.5. The summed E-state index contributed by atoms with van der Waals surface area (Å²) < 4.78 is 5.96. The van der Waals surface area contributed by atoms with Gasteiger partial charge >= 0.3 is 0 Å². The Hall–Kier alpha value is -2.00. The fraction of sp³-hybridized carbons (Fsp3) is 0.429. The highest BCUT2D eigenvalue weighted by molar-refractivity contribution is 5.51. The van der Waals surface area contributed by atoms with Gasteiger partial charge in [-0.15, -0.1) is 0 Å². The van der Waals surface area contributed by atoms with Gasteiger partial charge < -0.3 is 15.0 Å². The Bertz CT molecular complexity index is 614. The molecule has 1 unspecified atom stereocenters. The lowest BCUT2D eigenvalue weighted by Crippen LogP contribution is -2.26. The molecule has 24 heavy (non-hydrogen) atoms. The Morgan fingerprint density at radius 3 is 2.83 bits per heavy atom. The first-order valence-corrected chi connectivity index (χ1v) is 9.07. The summed E-state index contributed by atoms with van der Waals surface area (Å²) in [5.74, 6) is 1.73. The molecule has 1 fully saturated rings. The third-order valence-corrected chi connectivity index (χ3v) is 4.65. The van der Waals surface area contributed by atoms with Crippen molar-refractivity contribution in [2.45, 2.75) is 19.8 Å². The fourth-order valence-electron chi connectivity index (χ4n) is 3.28. The molecule has 0 aliphatic carbocycles. The maximum Gasteiger partial charge on any atom is 0.121 e. The van der Waals surface area contributed by atoms with Crippen LogP contribution in [0.3, 0.4) is 0 Å². The topological polar surface area (TPSA) is 24.5 Å². The van der Waals surface area contributed by atoms with Gasteiger partial charge in [-0.2, -0.15) is 0 Å². The zero-order chi connectivity index (χ0) is 16.6. The molecule has 0 saturated carbocycles. The minimum Gasteiger partial charge on any atom is -0.493 e. The molecule has 1 heterocycles. The molecular weight excluding hydrogens is 296 g/mol. The smallest absolute Gasteiger partial charge is 0.121 e. The number of hydrogen-bond donors (Lipinski definition) is 1. The van der Waals surface area contributed by atoms with E-state index in [1.165, 1.54) is 17.7 Å². The number of hydrogen-bond acceptors (Lipinski definition) is 3. The highest BCUT2D eigenvalue weighted by Crippen LogP contribution is 2.26. The van der Waals surface area contributed by atoms with Crippen molar-refractivity contribution >= 4 is 5.69 Å². The van der Waals surface area contributed by atoms with E-state index in [4.69, 9.17) is 4.74 Å². The maximum absolute atomic E-state index is 5.96. The monoisotopic (exact) mass is 324 g/mol. The largest absolute Gasteiger partial charge is 0.493 e. The quantitative estimate of drug-likeness (QED) is 0.800. The third-order valence-electron chi connectivity index (χ3n) is 4.65. The minimum absolute atomic E-state index is 0.719. The fourth-order valence-corrected chi connectivity index (χ4v) is 3.28. The predicted molar refractivity (Wildman–Crippen MR) is 101 cm³/mol. The SMILES string of the molecule is CCNCC1CCN(c2cccc(OCCc3ccccc3)c2)C1. The summed E-state index contributed by atoms with van der Waals surface area (Å²) in [7, 11) is 0. The Morgan fingerprint density at radius 2 is 2.00 bits per heavy atom. The van der Waals surface area contributed by atoms with Crippen LogP contribution in [0.5, 0.6) is 5.75 Å². The molecule has 2 aromatic rings. The molecule has 0 aromatic heterocycles. The first-order chi connectivity index (χ1) is 11.8. The van der Waals surface area contributed by atoms with Crippen molar-refractivity contribution in [3.8, 4) is 5.75 Å². The van der Waals surface area contributed by atoms with Crippen LogP contribution in [0.4, 0.5) is 5.69 Å². The van der Waals surface area contributed by atoms with Crippen LogP contribution in [0.15, 0.2) is 54.6 Å². The molecular formula is C21H28N2O. The van der Waals surface area contributed by atoms with E-state index in [2.05, 4.69) is 65.7 Å². The Balaban J connectivity index is 1.51. The summed E-state index contributed by atoms with van der Waals surface area (Å²) in [4.78, 5) is 2.48. The molecule has 0 amide bonds. The van der Waals surface area contributed by atoms with E-state index >= 15 is 0 Å². The summed E-state index contributed by atoms with van der Waals surface area (Å²) >= 11 is 0. The molecule has 1 saturated heterocycles. The molecule has 0 spiro atoms. The van der Waals surface area contributed by atoms with Crippen LogP contribution in [0.25, 0.3) is 0 Å². The van der Waals surface area contributed by atoms with Gasteiger partial charge in [0.1, 0.15) is 5.75 Å². The second-order valence-corrected chi connectivity index (χ2v) is 6.49. The van der Waals surface area contributed by atoms with Crippen LogP contribution in [-0.4, -0.2) is 32.8 Å². The van der Waals surface area contributed by atoms with E-state index in [1.54, 1.807) is 0 Å². The minimum atomic E-state index is 0.719. The van der Waals surface area contributed by atoms with Gasteiger partial charge in [-0.3, -0.25) is 0 Å². The number of ether oxygens (including phenoxy) is 1. The molecule has 1 atom stereocenters. The van der Waals surface area contributed by atoms with E-state index in [0.717, 1.165) is 50.9 Å². The van der Waals surface area contributed by atoms with Crippen molar-refractivity contribution in [3.05, 3.63) is 60.2 Å². The van der Waals surface area contributed by atoms with Crippen molar-refractivity contribution in [2.75, 3.05) is 37.7 Å². The van der Waals surface area contributed by atoms with Gasteiger partial charge in [0.2, 0.25) is 0 Å². The molecule has 128 valence electrons. The first kappa shape index (κ1) is 16.8. The van der Waals surface area contributed by atoms with Gasteiger partial charge in [0.05, 0.1) is 6.61 Å². The van der Waals surface area contributed by atoms with Crippen LogP contribution in [0.1, 0.15) is 18.9 Å². The van der Waals surface area contributed by atoms with Gasteiger partial charge in [-0.25, -0.2) is 0 Å². The van der Waals surface area contributed by atoms with Crippen LogP contribution in [0.2, 0.25) is 0 Å². The lowest BCUT2D eigenvalue weighted by molar-refractivity contribution is 0.322. The van der Waals surface area contributed by atoms with E-state index in [-0.39, 0.29) is 0 Å². The van der Waals surface area contributed by atoms with Crippen LogP contribution in [-0.2, 0) is 6.42 Å². The number of benzene rings is 2. The normalized spacial score (nSPS) is 17.2. The number of rotatable bonds is 8. The predicted octanol–water partition coefficient (Wildman–Crippen LogP) is 3.74. The van der Waals surface area contributed by atoms with E-state index < -0.39 is 0 Å². The van der Waals surface area contributed by atoms with Crippen LogP contribution >= 0.6 is 0 Å². The second kappa shape index (κ2) is 8.74. The van der Waals surface area contributed by atoms with Crippen LogP contribution in [0, 0.1) is 5.92 Å². The molecule has 0 bridgehead atoms. The lowest BCUT2D eigenvalue weighted by Gasteiger charge is -2.20. The zero-order valence-corrected chi connectivity index (χ0v) is 14.6. The lowest BCUT2D eigenvalue weighted by atomic mass is 10.1. The molecule has 3 nitrogen and oxygen atoms in total. The van der Waals surface area contributed by atoms with Gasteiger partial charge in [-0.05, 0) is 43.1 Å². The summed E-state index contributed by atoms with van der Waals surface area (Å²) in [6.45, 7) is 7.35. The van der Waals surface area contributed by atoms with Crippen molar-refractivity contribution in [1.29, 1.82) is 0 Å². The number of nitrogens with zero attached hydrogens (tertiary/aromatic N) is 1. The summed E-state index contributed by atoms with van der Waals surface area (Å²) in [5, 5.41) is 3.47. The third kappa shape index (κ3) is 4.75. The zero-order valence-electron chi connectivity index (χ0n) is 14.6. The molecule has 1 aliphatic heterocycles. The number of nitrogens with one attached hydrogen (secondary N) is 1. The highest BCUT2D eigenvalue weighted by Gasteiger charge is 2.22. The Kier molecular flexibility index (Phi) is 6.13. The maximum atomic E-state index is 5.96. The molecule has 0 radical (unpaired) electrons. The summed E-state index contributed by atoms with van der Waals surface area (Å²) in [6.07, 6.45) is 2.21. The Morgan fingerprint density at radius 1 is 1.12 bits per heavy atom. The van der Waals surface area contributed by atoms with Crippen molar-refractivity contribution in [3.63, 3.8) is 0 Å². The average Bonchev–Trinajstić information content (AvgIpc) is 3.10. The van der Waals surface area contributed by atoms with E-state index in [0.29, 0.717) is 0 Å². The molecule has 3 rings (SSSR count). The van der Waals surface area contributed by atoms with Gasteiger partial charge in [0.25, 0.3) is 0 Å². The molecule has 1 N–H and O–H groups in total. The molecule has 3 heteroatoms. The van der Waals surface area contributed by atoms with E-state index in [1.807, 2.05) is 6.07 Å². The molecule has 2 aromatic carbocycles. The van der Waals surface area contributed by atoms with Gasteiger partial charge in [-0.1, -0.05) is 43.3 Å². The average molecular weight is 324 g/mol. The van der Waals surface area contributed by atoms with Crippen molar-refractivity contribution in [2.24, 2.45) is 5.92 Å². The molecule has 1 aliphatic rings. The van der Waals surface area contributed by atoms with Crippen molar-refractivity contribution < 1.29 is 4.74 Å². The first-order valence-electron chi connectivity index (χ1n) is 9.07.